The fourth-order valence-corrected chi connectivity index (χ4v) is 3.55. The van der Waals surface area contributed by atoms with Crippen molar-refractivity contribution in [3.63, 3.8) is 0 Å². The number of ether oxygens (including phenoxy) is 2. The van der Waals surface area contributed by atoms with Crippen LogP contribution in [0.3, 0.4) is 0 Å². The van der Waals surface area contributed by atoms with Crippen LogP contribution in [0.15, 0.2) is 58.4 Å². The van der Waals surface area contributed by atoms with E-state index < -0.39 is 0 Å². The molecule has 138 valence electrons. The van der Waals surface area contributed by atoms with E-state index in [-0.39, 0.29) is 5.91 Å². The molecule has 0 aliphatic rings. The Labute approximate surface area is 169 Å². The monoisotopic (exact) mass is 444 g/mol. The summed E-state index contributed by atoms with van der Waals surface area (Å²) in [6, 6.07) is 13.2. The number of hydrogen-bond acceptors (Lipinski definition) is 5. The molecule has 1 aromatic heterocycles. The number of halogens is 1. The Morgan fingerprint density at radius 3 is 2.70 bits per heavy atom. The van der Waals surface area contributed by atoms with E-state index in [0.717, 1.165) is 27.0 Å². The Bertz CT molecular complexity index is 985. The number of carbonyl (C=O) groups excluding carboxylic acids is 1. The van der Waals surface area contributed by atoms with Gasteiger partial charge in [-0.15, -0.1) is 11.3 Å². The van der Waals surface area contributed by atoms with Crippen LogP contribution in [0.25, 0.3) is 17.3 Å². The van der Waals surface area contributed by atoms with E-state index in [4.69, 9.17) is 9.47 Å². The summed E-state index contributed by atoms with van der Waals surface area (Å²) in [5, 5.41) is 5.18. The average Bonchev–Trinajstić information content (AvgIpc) is 3.14. The number of thiazole rings is 1. The number of hydrogen-bond donors (Lipinski definition) is 1. The van der Waals surface area contributed by atoms with Gasteiger partial charge >= 0.3 is 0 Å². The summed E-state index contributed by atoms with van der Waals surface area (Å²) in [5.41, 5.74) is 2.44. The Kier molecular flexibility index (Phi) is 6.26. The molecule has 0 aliphatic carbocycles. The fourth-order valence-electron chi connectivity index (χ4n) is 2.46. The second kappa shape index (κ2) is 8.83. The summed E-state index contributed by atoms with van der Waals surface area (Å²) in [5.74, 6) is 1.16. The van der Waals surface area contributed by atoms with Crippen LogP contribution in [0.5, 0.6) is 11.5 Å². The molecule has 27 heavy (non-hydrogen) atoms. The summed E-state index contributed by atoms with van der Waals surface area (Å²) in [6.45, 7) is 0. The van der Waals surface area contributed by atoms with Crippen LogP contribution in [-0.2, 0) is 4.79 Å². The highest BCUT2D eigenvalue weighted by molar-refractivity contribution is 9.10. The van der Waals surface area contributed by atoms with E-state index in [9.17, 15) is 4.79 Å². The van der Waals surface area contributed by atoms with Crippen molar-refractivity contribution in [3.05, 3.63) is 64.0 Å². The van der Waals surface area contributed by atoms with Gasteiger partial charge in [0.2, 0.25) is 5.91 Å². The van der Waals surface area contributed by atoms with E-state index in [0.29, 0.717) is 10.9 Å². The lowest BCUT2D eigenvalue weighted by Crippen LogP contribution is -2.07. The molecule has 3 rings (SSSR count). The molecule has 0 fully saturated rings. The van der Waals surface area contributed by atoms with Crippen LogP contribution in [0.4, 0.5) is 5.13 Å². The van der Waals surface area contributed by atoms with Crippen LogP contribution in [0, 0.1) is 0 Å². The SMILES string of the molecule is COc1ccc(Br)cc1/C=C/C(=O)Nc1nc(-c2ccccc2OC)cs1. The number of anilines is 1. The molecular weight excluding hydrogens is 428 g/mol. The first-order valence-electron chi connectivity index (χ1n) is 8.02. The standard InChI is InChI=1S/C20H17BrN2O3S/c1-25-17-9-8-14(21)11-13(17)7-10-19(24)23-20-22-16(12-27-20)15-5-3-4-6-18(15)26-2/h3-12H,1-2H3,(H,22,23,24)/b10-7+. The van der Waals surface area contributed by atoms with Crippen LogP contribution in [-0.4, -0.2) is 25.1 Å². The molecule has 3 aromatic rings. The highest BCUT2D eigenvalue weighted by Gasteiger charge is 2.10. The Balaban J connectivity index is 1.72. The van der Waals surface area contributed by atoms with Crippen molar-refractivity contribution in [3.8, 4) is 22.8 Å². The highest BCUT2D eigenvalue weighted by Crippen LogP contribution is 2.32. The van der Waals surface area contributed by atoms with Crippen LogP contribution >= 0.6 is 27.3 Å². The second-order valence-corrected chi connectivity index (χ2v) is 7.22. The first kappa shape index (κ1) is 19.1. The first-order valence-corrected chi connectivity index (χ1v) is 9.69. The summed E-state index contributed by atoms with van der Waals surface area (Å²) in [7, 11) is 3.21. The van der Waals surface area contributed by atoms with Crippen molar-refractivity contribution >= 4 is 44.4 Å². The number of benzene rings is 2. The van der Waals surface area contributed by atoms with Crippen molar-refractivity contribution in [2.24, 2.45) is 0 Å². The number of nitrogens with one attached hydrogen (secondary N) is 1. The van der Waals surface area contributed by atoms with Gasteiger partial charge in [0, 0.05) is 27.1 Å². The minimum atomic E-state index is -0.266. The summed E-state index contributed by atoms with van der Waals surface area (Å²) < 4.78 is 11.6. The molecule has 0 saturated carbocycles. The molecule has 1 N–H and O–H groups in total. The topological polar surface area (TPSA) is 60.5 Å². The summed E-state index contributed by atoms with van der Waals surface area (Å²) >= 11 is 4.77. The Morgan fingerprint density at radius 2 is 1.93 bits per heavy atom. The smallest absolute Gasteiger partial charge is 0.250 e. The Hall–Kier alpha value is -2.64. The average molecular weight is 445 g/mol. The zero-order valence-corrected chi connectivity index (χ0v) is 17.1. The van der Waals surface area contributed by atoms with Crippen LogP contribution < -0.4 is 14.8 Å². The molecule has 0 aliphatic heterocycles. The molecule has 1 amide bonds. The maximum Gasteiger partial charge on any atom is 0.250 e. The van der Waals surface area contributed by atoms with Crippen LogP contribution in [0.2, 0.25) is 0 Å². The zero-order valence-electron chi connectivity index (χ0n) is 14.7. The van der Waals surface area contributed by atoms with E-state index in [1.165, 1.54) is 17.4 Å². The molecule has 2 aromatic carbocycles. The minimum absolute atomic E-state index is 0.266. The number of carbonyl (C=O) groups is 1. The maximum absolute atomic E-state index is 12.2. The number of methoxy groups -OCH3 is 2. The number of amides is 1. The Morgan fingerprint density at radius 1 is 1.15 bits per heavy atom. The third-order valence-electron chi connectivity index (χ3n) is 3.72. The van der Waals surface area contributed by atoms with E-state index >= 15 is 0 Å². The lowest BCUT2D eigenvalue weighted by molar-refractivity contribution is -0.111. The van der Waals surface area contributed by atoms with Gasteiger partial charge in [0.15, 0.2) is 5.13 Å². The number of aromatic nitrogens is 1. The quantitative estimate of drug-likeness (QED) is 0.527. The molecule has 0 radical (unpaired) electrons. The van der Waals surface area contributed by atoms with E-state index in [2.05, 4.69) is 26.2 Å². The van der Waals surface area contributed by atoms with Crippen LogP contribution in [0.1, 0.15) is 5.56 Å². The third-order valence-corrected chi connectivity index (χ3v) is 4.97. The van der Waals surface area contributed by atoms with Gasteiger partial charge in [-0.2, -0.15) is 0 Å². The predicted octanol–water partition coefficient (Wildman–Crippen LogP) is 5.24. The normalized spacial score (nSPS) is 10.8. The number of rotatable bonds is 6. The summed E-state index contributed by atoms with van der Waals surface area (Å²) in [4.78, 5) is 16.7. The molecule has 0 unspecified atom stereocenters. The van der Waals surface area contributed by atoms with Gasteiger partial charge in [0.05, 0.1) is 19.9 Å². The van der Waals surface area contributed by atoms with Gasteiger partial charge in [0.1, 0.15) is 11.5 Å². The van der Waals surface area contributed by atoms with Crippen molar-refractivity contribution < 1.29 is 14.3 Å². The van der Waals surface area contributed by atoms with Crippen molar-refractivity contribution in [1.29, 1.82) is 0 Å². The van der Waals surface area contributed by atoms with Gasteiger partial charge in [-0.3, -0.25) is 10.1 Å². The minimum Gasteiger partial charge on any atom is -0.496 e. The van der Waals surface area contributed by atoms with Crippen molar-refractivity contribution in [2.75, 3.05) is 19.5 Å². The van der Waals surface area contributed by atoms with Gasteiger partial charge in [-0.1, -0.05) is 28.1 Å². The summed E-state index contributed by atoms with van der Waals surface area (Å²) in [6.07, 6.45) is 3.15. The van der Waals surface area contributed by atoms with E-state index in [1.54, 1.807) is 20.3 Å². The van der Waals surface area contributed by atoms with Gasteiger partial charge in [-0.05, 0) is 36.4 Å². The van der Waals surface area contributed by atoms with Gasteiger partial charge in [-0.25, -0.2) is 4.98 Å². The number of para-hydroxylation sites is 1. The van der Waals surface area contributed by atoms with Crippen molar-refractivity contribution in [1.82, 2.24) is 4.98 Å². The molecule has 0 spiro atoms. The first-order chi connectivity index (χ1) is 13.1. The second-order valence-electron chi connectivity index (χ2n) is 5.45. The lowest BCUT2D eigenvalue weighted by atomic mass is 10.1. The predicted molar refractivity (Wildman–Crippen MR) is 112 cm³/mol. The van der Waals surface area contributed by atoms with E-state index in [1.807, 2.05) is 47.8 Å². The van der Waals surface area contributed by atoms with Gasteiger partial charge < -0.3 is 9.47 Å². The third kappa shape index (κ3) is 4.75. The van der Waals surface area contributed by atoms with Gasteiger partial charge in [0.25, 0.3) is 0 Å². The fraction of sp³-hybridized carbons (Fsp3) is 0.100. The zero-order chi connectivity index (χ0) is 19.2. The highest BCUT2D eigenvalue weighted by atomic mass is 79.9. The van der Waals surface area contributed by atoms with Crippen molar-refractivity contribution in [2.45, 2.75) is 0 Å². The molecule has 5 nitrogen and oxygen atoms in total. The largest absolute Gasteiger partial charge is 0.496 e. The molecular formula is C20H17BrN2O3S. The number of nitrogens with zero attached hydrogens (tertiary/aromatic N) is 1. The molecule has 7 heteroatoms. The lowest BCUT2D eigenvalue weighted by Gasteiger charge is -2.05. The molecule has 0 saturated heterocycles. The molecule has 1 heterocycles. The molecule has 0 bridgehead atoms. The molecule has 0 atom stereocenters. The maximum atomic E-state index is 12.2.